The molecule has 0 spiro atoms. The van der Waals surface area contributed by atoms with Crippen molar-refractivity contribution in [2.24, 2.45) is 0 Å². The summed E-state index contributed by atoms with van der Waals surface area (Å²) < 4.78 is 0. The highest BCUT2D eigenvalue weighted by atomic mass is 35.5. The van der Waals surface area contributed by atoms with Crippen LogP contribution in [0.15, 0.2) is 42.5 Å². The lowest BCUT2D eigenvalue weighted by Gasteiger charge is -2.23. The Morgan fingerprint density at radius 2 is 1.78 bits per heavy atom. The van der Waals surface area contributed by atoms with Gasteiger partial charge < -0.3 is 15.5 Å². The van der Waals surface area contributed by atoms with E-state index in [-0.39, 0.29) is 24.3 Å². The van der Waals surface area contributed by atoms with Crippen molar-refractivity contribution in [2.75, 3.05) is 23.7 Å². The molecular weight excluding hydrogens is 384 g/mol. The van der Waals surface area contributed by atoms with Crippen LogP contribution in [0.1, 0.15) is 28.9 Å². The largest absolute Gasteiger partial charge is 0.336 e. The molecule has 0 radical (unpaired) electrons. The van der Waals surface area contributed by atoms with Crippen molar-refractivity contribution >= 4 is 46.4 Å². The number of urea groups is 1. The fourth-order valence-electron chi connectivity index (χ4n) is 3.60. The number of para-hydroxylation sites is 1. The molecule has 2 aliphatic rings. The van der Waals surface area contributed by atoms with E-state index >= 15 is 0 Å². The molecule has 3 N–H and O–H groups in total. The maximum Gasteiger partial charge on any atom is 0.324 e. The number of thiophene rings is 1. The number of hydrogen-bond acceptors (Lipinski definition) is 4. The molecule has 3 heterocycles. The highest BCUT2D eigenvalue weighted by Crippen LogP contribution is 2.26. The molecule has 2 fully saturated rings. The van der Waals surface area contributed by atoms with Crippen LogP contribution in [0.3, 0.4) is 0 Å². The molecule has 2 aliphatic heterocycles. The Labute approximate surface area is 168 Å². The fraction of sp³-hybridized carbons (Fsp3) is 0.368. The normalized spacial score (nSPS) is 21.1. The number of carbonyl (C=O) groups excluding carboxylic acids is 2. The molecule has 6 nitrogen and oxygen atoms in total. The first-order valence-electron chi connectivity index (χ1n) is 8.95. The third-order valence-electron chi connectivity index (χ3n) is 4.90. The van der Waals surface area contributed by atoms with Crippen LogP contribution in [0, 0.1) is 0 Å². The van der Waals surface area contributed by atoms with Crippen LogP contribution in [0.5, 0.6) is 0 Å². The summed E-state index contributed by atoms with van der Waals surface area (Å²) >= 11 is 1.32. The molecular formula is C19H23ClN4O2S. The summed E-state index contributed by atoms with van der Waals surface area (Å²) in [4.78, 5) is 27.5. The number of benzene rings is 1. The number of amides is 3. The van der Waals surface area contributed by atoms with Crippen molar-refractivity contribution < 1.29 is 9.59 Å². The average Bonchev–Trinajstić information content (AvgIpc) is 3.21. The first kappa shape index (κ1) is 19.7. The Kier molecular flexibility index (Phi) is 6.36. The summed E-state index contributed by atoms with van der Waals surface area (Å²) in [6.07, 6.45) is 3.37. The van der Waals surface area contributed by atoms with Crippen molar-refractivity contribution in [3.8, 4) is 0 Å². The van der Waals surface area contributed by atoms with Crippen LogP contribution in [-0.4, -0.2) is 42.0 Å². The number of halogens is 1. The maximum atomic E-state index is 12.8. The average molecular weight is 407 g/mol. The number of hydrogen-bond donors (Lipinski definition) is 3. The molecule has 1 aromatic carbocycles. The van der Waals surface area contributed by atoms with Crippen LogP contribution in [0.25, 0.3) is 0 Å². The molecule has 144 valence electrons. The Morgan fingerprint density at radius 3 is 2.59 bits per heavy atom. The molecule has 2 saturated heterocycles. The van der Waals surface area contributed by atoms with Crippen LogP contribution >= 0.6 is 23.7 Å². The summed E-state index contributed by atoms with van der Waals surface area (Å²) in [5, 5.41) is 9.82. The molecule has 27 heavy (non-hydrogen) atoms. The van der Waals surface area contributed by atoms with Gasteiger partial charge in [-0.2, -0.15) is 0 Å². The minimum absolute atomic E-state index is 0. The first-order chi connectivity index (χ1) is 12.7. The van der Waals surface area contributed by atoms with Gasteiger partial charge in [0.15, 0.2) is 0 Å². The van der Waals surface area contributed by atoms with Gasteiger partial charge in [-0.15, -0.1) is 23.7 Å². The summed E-state index contributed by atoms with van der Waals surface area (Å²) in [7, 11) is 0. The van der Waals surface area contributed by atoms with E-state index in [1.54, 1.807) is 12.1 Å². The highest BCUT2D eigenvalue weighted by Gasteiger charge is 2.31. The van der Waals surface area contributed by atoms with E-state index in [4.69, 9.17) is 0 Å². The number of nitrogens with zero attached hydrogens (tertiary/aromatic N) is 1. The number of likely N-dealkylation sites (tertiary alicyclic amines) is 1. The van der Waals surface area contributed by atoms with Gasteiger partial charge in [0, 0.05) is 30.9 Å². The predicted octanol–water partition coefficient (Wildman–Crippen LogP) is 3.78. The van der Waals surface area contributed by atoms with Crippen LogP contribution < -0.4 is 16.0 Å². The third-order valence-corrected chi connectivity index (χ3v) is 5.88. The SMILES string of the molecule is Cl.O=C(Nc1ccccc1)Nc1ccc(C(=O)N2CCC3CCC(C2)N3)s1. The van der Waals surface area contributed by atoms with Crippen molar-refractivity contribution in [1.29, 1.82) is 0 Å². The number of rotatable bonds is 3. The lowest BCUT2D eigenvalue weighted by Crippen LogP contribution is -2.38. The second kappa shape index (κ2) is 8.73. The molecule has 2 aromatic rings. The van der Waals surface area contributed by atoms with Gasteiger partial charge in [-0.05, 0) is 43.5 Å². The molecule has 0 saturated carbocycles. The summed E-state index contributed by atoms with van der Waals surface area (Å²) in [6, 6.07) is 13.5. The van der Waals surface area contributed by atoms with E-state index in [1.165, 1.54) is 17.8 Å². The van der Waals surface area contributed by atoms with Gasteiger partial charge in [0.05, 0.1) is 9.88 Å². The molecule has 2 unspecified atom stereocenters. The molecule has 3 amide bonds. The van der Waals surface area contributed by atoms with Crippen LogP contribution in [-0.2, 0) is 0 Å². The maximum absolute atomic E-state index is 12.8. The zero-order valence-corrected chi connectivity index (χ0v) is 16.4. The van der Waals surface area contributed by atoms with Gasteiger partial charge in [-0.3, -0.25) is 10.1 Å². The smallest absolute Gasteiger partial charge is 0.324 e. The van der Waals surface area contributed by atoms with E-state index < -0.39 is 0 Å². The molecule has 2 bridgehead atoms. The Hall–Kier alpha value is -2.09. The summed E-state index contributed by atoms with van der Waals surface area (Å²) in [5.41, 5.74) is 0.727. The van der Waals surface area contributed by atoms with Gasteiger partial charge in [0.1, 0.15) is 0 Å². The number of fused-ring (bicyclic) bond motifs is 2. The van der Waals surface area contributed by atoms with Gasteiger partial charge in [0.2, 0.25) is 0 Å². The number of anilines is 2. The minimum atomic E-state index is -0.312. The predicted molar refractivity (Wildman–Crippen MR) is 111 cm³/mol. The van der Waals surface area contributed by atoms with E-state index in [9.17, 15) is 9.59 Å². The first-order valence-corrected chi connectivity index (χ1v) is 9.77. The highest BCUT2D eigenvalue weighted by molar-refractivity contribution is 7.18. The van der Waals surface area contributed by atoms with E-state index in [2.05, 4.69) is 16.0 Å². The number of carbonyl (C=O) groups is 2. The third kappa shape index (κ3) is 4.80. The zero-order chi connectivity index (χ0) is 17.9. The standard InChI is InChI=1S/C19H22N4O2S.ClH/c24-18(23-11-10-14-6-7-15(12-23)20-14)16-8-9-17(26-16)22-19(25)21-13-4-2-1-3-5-13;/h1-5,8-9,14-15,20H,6-7,10-12H2,(H2,21,22,25);1H. The quantitative estimate of drug-likeness (QED) is 0.726. The van der Waals surface area contributed by atoms with Crippen molar-refractivity contribution in [2.45, 2.75) is 31.3 Å². The van der Waals surface area contributed by atoms with Crippen molar-refractivity contribution in [3.63, 3.8) is 0 Å². The molecule has 0 aliphatic carbocycles. The number of nitrogens with one attached hydrogen (secondary N) is 3. The Balaban J connectivity index is 0.00000210. The molecule has 1 aromatic heterocycles. The lowest BCUT2D eigenvalue weighted by atomic mass is 10.1. The summed E-state index contributed by atoms with van der Waals surface area (Å²) in [5.74, 6) is 0.0564. The van der Waals surface area contributed by atoms with Gasteiger partial charge in [-0.1, -0.05) is 18.2 Å². The molecule has 8 heteroatoms. The fourth-order valence-corrected chi connectivity index (χ4v) is 4.47. The molecule has 4 rings (SSSR count). The van der Waals surface area contributed by atoms with Crippen molar-refractivity contribution in [1.82, 2.24) is 10.2 Å². The van der Waals surface area contributed by atoms with Crippen LogP contribution in [0.2, 0.25) is 0 Å². The lowest BCUT2D eigenvalue weighted by molar-refractivity contribution is 0.0753. The second-order valence-corrected chi connectivity index (χ2v) is 7.87. The zero-order valence-electron chi connectivity index (χ0n) is 14.8. The monoisotopic (exact) mass is 406 g/mol. The summed E-state index contributed by atoms with van der Waals surface area (Å²) in [6.45, 7) is 1.56. The second-order valence-electron chi connectivity index (χ2n) is 6.79. The van der Waals surface area contributed by atoms with E-state index in [0.717, 1.165) is 31.6 Å². The Bertz CT molecular complexity index is 798. The minimum Gasteiger partial charge on any atom is -0.336 e. The Morgan fingerprint density at radius 1 is 1.00 bits per heavy atom. The van der Waals surface area contributed by atoms with Crippen molar-refractivity contribution in [3.05, 3.63) is 47.3 Å². The molecule has 2 atom stereocenters. The van der Waals surface area contributed by atoms with Gasteiger partial charge in [0.25, 0.3) is 5.91 Å². The van der Waals surface area contributed by atoms with Gasteiger partial charge in [-0.25, -0.2) is 4.79 Å². The topological polar surface area (TPSA) is 73.5 Å². The van der Waals surface area contributed by atoms with E-state index in [0.29, 0.717) is 22.0 Å². The van der Waals surface area contributed by atoms with Gasteiger partial charge >= 0.3 is 6.03 Å². The van der Waals surface area contributed by atoms with E-state index in [1.807, 2.05) is 35.2 Å². The van der Waals surface area contributed by atoms with Crippen LogP contribution in [0.4, 0.5) is 15.5 Å².